The molecular weight excluding hydrogens is 198 g/mol. The zero-order valence-corrected chi connectivity index (χ0v) is 8.85. The minimum absolute atomic E-state index is 0.272. The molecule has 1 rings (SSSR count). The van der Waals surface area contributed by atoms with Crippen LogP contribution in [-0.4, -0.2) is 35.8 Å². The summed E-state index contributed by atoms with van der Waals surface area (Å²) in [6.07, 6.45) is 1.56. The van der Waals surface area contributed by atoms with Crippen LogP contribution in [0.25, 0.3) is 0 Å². The SMILES string of the molecule is CNC(=O)c1ccn([C@@H](C)C(=O)OC)n1. The molecule has 82 valence electrons. The summed E-state index contributed by atoms with van der Waals surface area (Å²) in [6, 6.07) is 1.01. The van der Waals surface area contributed by atoms with Crippen molar-refractivity contribution in [3.8, 4) is 0 Å². The Morgan fingerprint density at radius 2 is 2.27 bits per heavy atom. The fourth-order valence-electron chi connectivity index (χ4n) is 1.08. The molecule has 1 aromatic heterocycles. The van der Waals surface area contributed by atoms with Gasteiger partial charge in [-0.2, -0.15) is 5.10 Å². The number of nitrogens with zero attached hydrogens (tertiary/aromatic N) is 2. The molecule has 0 radical (unpaired) electrons. The van der Waals surface area contributed by atoms with Crippen molar-refractivity contribution >= 4 is 11.9 Å². The largest absolute Gasteiger partial charge is 0.467 e. The van der Waals surface area contributed by atoms with Crippen LogP contribution in [0.3, 0.4) is 0 Å². The quantitative estimate of drug-likeness (QED) is 0.713. The van der Waals surface area contributed by atoms with E-state index >= 15 is 0 Å². The molecular formula is C9H13N3O3. The Labute approximate surface area is 87.2 Å². The third-order valence-corrected chi connectivity index (χ3v) is 2.01. The molecule has 0 aromatic carbocycles. The molecule has 0 fully saturated rings. The summed E-state index contributed by atoms with van der Waals surface area (Å²) in [5, 5.41) is 6.40. The second kappa shape index (κ2) is 4.59. The smallest absolute Gasteiger partial charge is 0.330 e. The molecule has 6 nitrogen and oxygen atoms in total. The van der Waals surface area contributed by atoms with E-state index in [1.807, 2.05) is 0 Å². The van der Waals surface area contributed by atoms with Gasteiger partial charge in [0.1, 0.15) is 11.7 Å². The van der Waals surface area contributed by atoms with Crippen LogP contribution in [0.15, 0.2) is 12.3 Å². The van der Waals surface area contributed by atoms with Gasteiger partial charge in [0.15, 0.2) is 0 Å². The number of rotatable bonds is 3. The van der Waals surface area contributed by atoms with E-state index in [1.54, 1.807) is 13.1 Å². The van der Waals surface area contributed by atoms with E-state index in [2.05, 4.69) is 15.2 Å². The van der Waals surface area contributed by atoms with Crippen molar-refractivity contribution in [1.82, 2.24) is 15.1 Å². The number of esters is 1. The number of carbonyl (C=O) groups excluding carboxylic acids is 2. The molecule has 0 aliphatic carbocycles. The van der Waals surface area contributed by atoms with Crippen LogP contribution in [0.4, 0.5) is 0 Å². The van der Waals surface area contributed by atoms with Gasteiger partial charge in [-0.25, -0.2) is 4.79 Å². The Balaban J connectivity index is 2.84. The predicted molar refractivity (Wildman–Crippen MR) is 52.3 cm³/mol. The van der Waals surface area contributed by atoms with E-state index in [4.69, 9.17) is 0 Å². The predicted octanol–water partition coefficient (Wildman–Crippen LogP) is -0.0233. The highest BCUT2D eigenvalue weighted by Gasteiger charge is 2.17. The Morgan fingerprint density at radius 3 is 2.80 bits per heavy atom. The van der Waals surface area contributed by atoms with Crippen LogP contribution in [0.1, 0.15) is 23.5 Å². The molecule has 15 heavy (non-hydrogen) atoms. The van der Waals surface area contributed by atoms with Crippen LogP contribution in [0.5, 0.6) is 0 Å². The van der Waals surface area contributed by atoms with Gasteiger partial charge in [0.2, 0.25) is 0 Å². The Hall–Kier alpha value is -1.85. The maximum Gasteiger partial charge on any atom is 0.330 e. The molecule has 0 aliphatic rings. The summed E-state index contributed by atoms with van der Waals surface area (Å²) >= 11 is 0. The summed E-state index contributed by atoms with van der Waals surface area (Å²) in [7, 11) is 2.83. The summed E-state index contributed by atoms with van der Waals surface area (Å²) < 4.78 is 5.95. The lowest BCUT2D eigenvalue weighted by molar-refractivity contribution is -0.144. The van der Waals surface area contributed by atoms with Gasteiger partial charge in [-0.3, -0.25) is 9.48 Å². The summed E-state index contributed by atoms with van der Waals surface area (Å²) in [4.78, 5) is 22.4. The average Bonchev–Trinajstić information content (AvgIpc) is 2.75. The van der Waals surface area contributed by atoms with E-state index in [-0.39, 0.29) is 11.6 Å². The van der Waals surface area contributed by atoms with Crippen molar-refractivity contribution in [2.45, 2.75) is 13.0 Å². The van der Waals surface area contributed by atoms with Gasteiger partial charge in [0, 0.05) is 13.2 Å². The van der Waals surface area contributed by atoms with E-state index in [1.165, 1.54) is 24.9 Å². The van der Waals surface area contributed by atoms with Gasteiger partial charge in [-0.15, -0.1) is 0 Å². The number of carbonyl (C=O) groups is 2. The first kappa shape index (κ1) is 11.2. The molecule has 1 aromatic rings. The van der Waals surface area contributed by atoms with Crippen molar-refractivity contribution in [2.24, 2.45) is 0 Å². The molecule has 0 aliphatic heterocycles. The minimum Gasteiger partial charge on any atom is -0.467 e. The van der Waals surface area contributed by atoms with Gasteiger partial charge in [0.05, 0.1) is 7.11 Å². The maximum absolute atomic E-state index is 11.2. The van der Waals surface area contributed by atoms with Crippen molar-refractivity contribution in [3.63, 3.8) is 0 Å². The second-order valence-electron chi connectivity index (χ2n) is 2.96. The number of aromatic nitrogens is 2. The highest BCUT2D eigenvalue weighted by molar-refractivity contribution is 5.91. The topological polar surface area (TPSA) is 73.2 Å². The highest BCUT2D eigenvalue weighted by atomic mass is 16.5. The molecule has 1 heterocycles. The molecule has 0 spiro atoms. The maximum atomic E-state index is 11.2. The van der Waals surface area contributed by atoms with Gasteiger partial charge in [-0.05, 0) is 13.0 Å². The normalized spacial score (nSPS) is 11.9. The molecule has 1 atom stereocenters. The second-order valence-corrected chi connectivity index (χ2v) is 2.96. The first-order valence-corrected chi connectivity index (χ1v) is 4.45. The molecule has 0 saturated heterocycles. The molecule has 6 heteroatoms. The summed E-state index contributed by atoms with van der Waals surface area (Å²) in [5.74, 6) is -0.688. The lowest BCUT2D eigenvalue weighted by atomic mass is 10.3. The zero-order valence-electron chi connectivity index (χ0n) is 8.85. The number of hydrogen-bond donors (Lipinski definition) is 1. The molecule has 0 saturated carbocycles. The average molecular weight is 211 g/mol. The van der Waals surface area contributed by atoms with Crippen LogP contribution < -0.4 is 5.32 Å². The lowest BCUT2D eigenvalue weighted by Crippen LogP contribution is -2.21. The van der Waals surface area contributed by atoms with Gasteiger partial charge >= 0.3 is 5.97 Å². The summed E-state index contributed by atoms with van der Waals surface area (Å²) in [5.41, 5.74) is 0.272. The standard InChI is InChI=1S/C9H13N3O3/c1-6(9(14)15-3)12-5-4-7(11-12)8(13)10-2/h4-6H,1-3H3,(H,10,13)/t6-/m0/s1. The van der Waals surface area contributed by atoms with E-state index in [9.17, 15) is 9.59 Å². The lowest BCUT2D eigenvalue weighted by Gasteiger charge is -2.08. The highest BCUT2D eigenvalue weighted by Crippen LogP contribution is 2.07. The molecule has 1 N–H and O–H groups in total. The van der Waals surface area contributed by atoms with Crippen LogP contribution in [0.2, 0.25) is 0 Å². The van der Waals surface area contributed by atoms with Crippen molar-refractivity contribution in [2.75, 3.05) is 14.2 Å². The third kappa shape index (κ3) is 2.34. The summed E-state index contributed by atoms with van der Waals surface area (Å²) in [6.45, 7) is 1.65. The Bertz CT molecular complexity index is 372. The number of nitrogens with one attached hydrogen (secondary N) is 1. The fourth-order valence-corrected chi connectivity index (χ4v) is 1.08. The third-order valence-electron chi connectivity index (χ3n) is 2.01. The first-order valence-electron chi connectivity index (χ1n) is 4.45. The Morgan fingerprint density at radius 1 is 1.60 bits per heavy atom. The number of methoxy groups -OCH3 is 1. The van der Waals surface area contributed by atoms with Crippen molar-refractivity contribution in [3.05, 3.63) is 18.0 Å². The van der Waals surface area contributed by atoms with Gasteiger partial charge < -0.3 is 10.1 Å². The molecule has 0 bridgehead atoms. The van der Waals surface area contributed by atoms with E-state index < -0.39 is 12.0 Å². The van der Waals surface area contributed by atoms with E-state index in [0.29, 0.717) is 0 Å². The monoisotopic (exact) mass is 211 g/mol. The number of hydrogen-bond acceptors (Lipinski definition) is 4. The van der Waals surface area contributed by atoms with Crippen molar-refractivity contribution in [1.29, 1.82) is 0 Å². The van der Waals surface area contributed by atoms with Gasteiger partial charge in [-0.1, -0.05) is 0 Å². The fraction of sp³-hybridized carbons (Fsp3) is 0.444. The number of amides is 1. The van der Waals surface area contributed by atoms with Crippen LogP contribution in [-0.2, 0) is 9.53 Å². The van der Waals surface area contributed by atoms with Crippen LogP contribution >= 0.6 is 0 Å². The Kier molecular flexibility index (Phi) is 3.43. The van der Waals surface area contributed by atoms with Crippen molar-refractivity contribution < 1.29 is 14.3 Å². The van der Waals surface area contributed by atoms with Gasteiger partial charge in [0.25, 0.3) is 5.91 Å². The zero-order chi connectivity index (χ0) is 11.4. The van der Waals surface area contributed by atoms with Crippen LogP contribution in [0, 0.1) is 0 Å². The molecule has 0 unspecified atom stereocenters. The minimum atomic E-state index is -0.534. The first-order chi connectivity index (χ1) is 7.10. The van der Waals surface area contributed by atoms with E-state index in [0.717, 1.165) is 0 Å². The number of ether oxygens (including phenoxy) is 1. The molecule has 1 amide bonds.